The van der Waals surface area contributed by atoms with E-state index < -0.39 is 11.7 Å². The minimum Gasteiger partial charge on any atom is -0.399 e. The summed E-state index contributed by atoms with van der Waals surface area (Å²) >= 11 is 1.21. The lowest BCUT2D eigenvalue weighted by atomic mass is 10.2. The van der Waals surface area contributed by atoms with Gasteiger partial charge in [0.25, 0.3) is 0 Å². The van der Waals surface area contributed by atoms with Gasteiger partial charge in [-0.3, -0.25) is 0 Å². The molecule has 4 N–H and O–H groups in total. The first kappa shape index (κ1) is 13.6. The van der Waals surface area contributed by atoms with E-state index in [0.29, 0.717) is 10.6 Å². The molecular formula is C13H11F3N2S. The van der Waals surface area contributed by atoms with Gasteiger partial charge in [0.15, 0.2) is 0 Å². The van der Waals surface area contributed by atoms with Gasteiger partial charge in [0.2, 0.25) is 0 Å². The molecule has 0 aliphatic carbocycles. The van der Waals surface area contributed by atoms with Crippen LogP contribution in [0.2, 0.25) is 0 Å². The Kier molecular flexibility index (Phi) is 3.61. The van der Waals surface area contributed by atoms with Crippen molar-refractivity contribution in [3.05, 3.63) is 48.0 Å². The average Bonchev–Trinajstić information content (AvgIpc) is 2.30. The monoisotopic (exact) mass is 284 g/mol. The molecule has 0 saturated heterocycles. The Morgan fingerprint density at radius 2 is 1.42 bits per heavy atom. The number of anilines is 2. The highest BCUT2D eigenvalue weighted by Crippen LogP contribution is 2.36. The normalized spacial score (nSPS) is 11.5. The highest BCUT2D eigenvalue weighted by atomic mass is 32.2. The first-order chi connectivity index (χ1) is 8.84. The SMILES string of the molecule is Nc1ccc(Sc2cc(N)cc(C(F)(F)F)c2)cc1. The molecule has 2 nitrogen and oxygen atoms in total. The molecule has 0 unspecified atom stereocenters. The van der Waals surface area contributed by atoms with Crippen LogP contribution in [0.3, 0.4) is 0 Å². The number of hydrogen-bond donors (Lipinski definition) is 2. The number of nitrogen functional groups attached to an aromatic ring is 2. The molecular weight excluding hydrogens is 273 g/mol. The van der Waals surface area contributed by atoms with Crippen molar-refractivity contribution in [3.8, 4) is 0 Å². The first-order valence-corrected chi connectivity index (χ1v) is 6.17. The van der Waals surface area contributed by atoms with Crippen molar-refractivity contribution >= 4 is 23.1 Å². The van der Waals surface area contributed by atoms with Crippen molar-refractivity contribution in [2.75, 3.05) is 11.5 Å². The van der Waals surface area contributed by atoms with Crippen LogP contribution in [-0.2, 0) is 6.18 Å². The summed E-state index contributed by atoms with van der Waals surface area (Å²) in [7, 11) is 0. The molecule has 0 aromatic heterocycles. The highest BCUT2D eigenvalue weighted by Gasteiger charge is 2.31. The van der Waals surface area contributed by atoms with Gasteiger partial charge in [0.05, 0.1) is 5.56 Å². The second-order valence-electron chi connectivity index (χ2n) is 3.96. The average molecular weight is 284 g/mol. The van der Waals surface area contributed by atoms with Crippen LogP contribution in [0.25, 0.3) is 0 Å². The highest BCUT2D eigenvalue weighted by molar-refractivity contribution is 7.99. The molecule has 0 radical (unpaired) electrons. The van der Waals surface area contributed by atoms with Crippen LogP contribution < -0.4 is 11.5 Å². The molecule has 0 aliphatic rings. The maximum Gasteiger partial charge on any atom is 0.416 e. The molecule has 0 amide bonds. The smallest absolute Gasteiger partial charge is 0.399 e. The molecule has 0 fully saturated rings. The van der Waals surface area contributed by atoms with Crippen LogP contribution in [-0.4, -0.2) is 0 Å². The quantitative estimate of drug-likeness (QED) is 0.819. The van der Waals surface area contributed by atoms with Crippen LogP contribution in [0.5, 0.6) is 0 Å². The molecule has 0 spiro atoms. The van der Waals surface area contributed by atoms with Crippen molar-refractivity contribution in [1.29, 1.82) is 0 Å². The van der Waals surface area contributed by atoms with Crippen LogP contribution in [0.15, 0.2) is 52.3 Å². The Hall–Kier alpha value is -1.82. The third kappa shape index (κ3) is 3.57. The summed E-state index contributed by atoms with van der Waals surface area (Å²) in [5.41, 5.74) is 11.0. The van der Waals surface area contributed by atoms with Crippen LogP contribution >= 0.6 is 11.8 Å². The zero-order valence-corrected chi connectivity index (χ0v) is 10.6. The Morgan fingerprint density at radius 3 is 2.00 bits per heavy atom. The minimum absolute atomic E-state index is 0.0905. The second kappa shape index (κ2) is 5.05. The maximum atomic E-state index is 12.7. The van der Waals surface area contributed by atoms with Gasteiger partial charge in [-0.1, -0.05) is 11.8 Å². The summed E-state index contributed by atoms with van der Waals surface area (Å²) in [4.78, 5) is 1.24. The molecule has 0 aliphatic heterocycles. The van der Waals surface area contributed by atoms with Gasteiger partial charge in [-0.25, -0.2) is 0 Å². The number of benzene rings is 2. The molecule has 2 rings (SSSR count). The lowest BCUT2D eigenvalue weighted by Crippen LogP contribution is -2.05. The largest absolute Gasteiger partial charge is 0.416 e. The van der Waals surface area contributed by atoms with E-state index in [2.05, 4.69) is 0 Å². The molecule has 100 valence electrons. The van der Waals surface area contributed by atoms with E-state index in [9.17, 15) is 13.2 Å². The molecule has 6 heteroatoms. The van der Waals surface area contributed by atoms with Crippen LogP contribution in [0.1, 0.15) is 5.56 Å². The van der Waals surface area contributed by atoms with Crippen LogP contribution in [0.4, 0.5) is 24.5 Å². The summed E-state index contributed by atoms with van der Waals surface area (Å²) in [6.45, 7) is 0. The third-order valence-electron chi connectivity index (χ3n) is 2.37. The second-order valence-corrected chi connectivity index (χ2v) is 5.11. The molecule has 19 heavy (non-hydrogen) atoms. The number of rotatable bonds is 2. The topological polar surface area (TPSA) is 52.0 Å². The zero-order chi connectivity index (χ0) is 14.0. The molecule has 0 saturated carbocycles. The maximum absolute atomic E-state index is 12.7. The molecule has 2 aromatic carbocycles. The van der Waals surface area contributed by atoms with Gasteiger partial charge in [-0.15, -0.1) is 0 Å². The van der Waals surface area contributed by atoms with Gasteiger partial charge in [-0.05, 0) is 42.5 Å². The molecule has 0 atom stereocenters. The predicted octanol–water partition coefficient (Wildman–Crippen LogP) is 4.02. The lowest BCUT2D eigenvalue weighted by Gasteiger charge is -2.10. The van der Waals surface area contributed by atoms with Crippen molar-refractivity contribution in [2.45, 2.75) is 16.0 Å². The molecule has 2 aromatic rings. The van der Waals surface area contributed by atoms with E-state index in [1.807, 2.05) is 0 Å². The molecule has 0 bridgehead atoms. The van der Waals surface area contributed by atoms with E-state index in [0.717, 1.165) is 17.0 Å². The van der Waals surface area contributed by atoms with Crippen molar-refractivity contribution in [1.82, 2.24) is 0 Å². The predicted molar refractivity (Wildman–Crippen MR) is 70.8 cm³/mol. The van der Waals surface area contributed by atoms with E-state index in [-0.39, 0.29) is 5.69 Å². The summed E-state index contributed by atoms with van der Waals surface area (Å²) in [5.74, 6) is 0. The minimum atomic E-state index is -4.40. The number of halogens is 3. The van der Waals surface area contributed by atoms with E-state index in [1.165, 1.54) is 17.8 Å². The van der Waals surface area contributed by atoms with Crippen molar-refractivity contribution < 1.29 is 13.2 Å². The number of alkyl halides is 3. The van der Waals surface area contributed by atoms with Crippen molar-refractivity contribution in [2.24, 2.45) is 0 Å². The van der Waals surface area contributed by atoms with E-state index in [1.54, 1.807) is 24.3 Å². The van der Waals surface area contributed by atoms with E-state index in [4.69, 9.17) is 11.5 Å². The Labute approximate surface area is 112 Å². The first-order valence-electron chi connectivity index (χ1n) is 5.36. The lowest BCUT2D eigenvalue weighted by molar-refractivity contribution is -0.137. The zero-order valence-electron chi connectivity index (χ0n) is 9.74. The van der Waals surface area contributed by atoms with Gasteiger partial charge in [0, 0.05) is 21.2 Å². The van der Waals surface area contributed by atoms with Crippen LogP contribution in [0, 0.1) is 0 Å². The third-order valence-corrected chi connectivity index (χ3v) is 3.35. The number of hydrogen-bond acceptors (Lipinski definition) is 3. The fourth-order valence-electron chi connectivity index (χ4n) is 1.52. The van der Waals surface area contributed by atoms with E-state index >= 15 is 0 Å². The Morgan fingerprint density at radius 1 is 0.789 bits per heavy atom. The number of nitrogens with two attached hydrogens (primary N) is 2. The van der Waals surface area contributed by atoms with Gasteiger partial charge < -0.3 is 11.5 Å². The van der Waals surface area contributed by atoms with Crippen molar-refractivity contribution in [3.63, 3.8) is 0 Å². The van der Waals surface area contributed by atoms with Gasteiger partial charge in [-0.2, -0.15) is 13.2 Å². The molecule has 0 heterocycles. The fourth-order valence-corrected chi connectivity index (χ4v) is 2.44. The van der Waals surface area contributed by atoms with Gasteiger partial charge in [0.1, 0.15) is 0 Å². The summed E-state index contributed by atoms with van der Waals surface area (Å²) in [6, 6.07) is 10.4. The summed E-state index contributed by atoms with van der Waals surface area (Å²) in [5, 5.41) is 0. The fraction of sp³-hybridized carbons (Fsp3) is 0.0769. The summed E-state index contributed by atoms with van der Waals surface area (Å²) in [6.07, 6.45) is -4.40. The Balaban J connectivity index is 2.30. The Bertz CT molecular complexity index is 579. The standard InChI is InChI=1S/C13H11F3N2S/c14-13(15,16)8-5-10(18)7-12(6-8)19-11-3-1-9(17)2-4-11/h1-7H,17-18H2. The van der Waals surface area contributed by atoms with Gasteiger partial charge >= 0.3 is 6.18 Å². The summed E-state index contributed by atoms with van der Waals surface area (Å²) < 4.78 is 38.0.